The van der Waals surface area contributed by atoms with Crippen molar-refractivity contribution in [2.24, 2.45) is 0 Å². The molecule has 3 aromatic rings. The number of aromatic nitrogens is 1. The second-order valence-electron chi connectivity index (χ2n) is 6.15. The van der Waals surface area contributed by atoms with Crippen molar-refractivity contribution >= 4 is 34.1 Å². The van der Waals surface area contributed by atoms with Crippen LogP contribution in [0.25, 0.3) is 10.8 Å². The third-order valence-corrected chi connectivity index (χ3v) is 4.60. The van der Waals surface area contributed by atoms with Gasteiger partial charge in [-0.3, -0.25) is 4.98 Å². The van der Waals surface area contributed by atoms with E-state index in [0.29, 0.717) is 18.7 Å². The fraction of sp³-hybridized carbons (Fsp3) is 0.200. The van der Waals surface area contributed by atoms with Crippen LogP contribution in [0, 0.1) is 12.7 Å². The maximum Gasteiger partial charge on any atom is 0.321 e. The Bertz CT molecular complexity index is 961. The molecule has 1 N–H and O–H groups in total. The third kappa shape index (κ3) is 3.94. The first kappa shape index (κ1) is 18.1. The Kier molecular flexibility index (Phi) is 5.38. The number of rotatable bonds is 4. The summed E-state index contributed by atoms with van der Waals surface area (Å²) in [5.74, 6) is -0.517. The fourth-order valence-corrected chi connectivity index (χ4v) is 2.95. The topological polar surface area (TPSA) is 45.2 Å². The van der Waals surface area contributed by atoms with Crippen LogP contribution in [0.5, 0.6) is 0 Å². The number of likely N-dealkylation sites (N-methyl/N-ethyl adjacent to an activating group) is 1. The first-order chi connectivity index (χ1) is 12.5. The van der Waals surface area contributed by atoms with Crippen molar-refractivity contribution in [3.8, 4) is 0 Å². The third-order valence-electron chi connectivity index (χ3n) is 4.31. The Balaban J connectivity index is 1.67. The number of nitrogens with one attached hydrogen (secondary N) is 1. The van der Waals surface area contributed by atoms with Gasteiger partial charge < -0.3 is 10.2 Å². The van der Waals surface area contributed by atoms with Gasteiger partial charge in [-0.2, -0.15) is 0 Å². The summed E-state index contributed by atoms with van der Waals surface area (Å²) in [6, 6.07) is 11.9. The molecule has 0 spiro atoms. The quantitative estimate of drug-likeness (QED) is 0.698. The summed E-state index contributed by atoms with van der Waals surface area (Å²) in [4.78, 5) is 18.3. The predicted octanol–water partition coefficient (Wildman–Crippen LogP) is 5.04. The van der Waals surface area contributed by atoms with Crippen LogP contribution in [0.15, 0.2) is 48.7 Å². The van der Waals surface area contributed by atoms with Gasteiger partial charge in [0, 0.05) is 36.6 Å². The van der Waals surface area contributed by atoms with Crippen LogP contribution in [0.1, 0.15) is 11.3 Å². The van der Waals surface area contributed by atoms with E-state index in [0.717, 1.165) is 22.0 Å². The molecule has 3 rings (SSSR count). The zero-order valence-electron chi connectivity index (χ0n) is 14.6. The van der Waals surface area contributed by atoms with Gasteiger partial charge in [0.15, 0.2) is 0 Å². The number of anilines is 1. The van der Waals surface area contributed by atoms with E-state index in [-0.39, 0.29) is 11.1 Å². The number of pyridine rings is 1. The Labute approximate surface area is 156 Å². The molecule has 0 saturated carbocycles. The summed E-state index contributed by atoms with van der Waals surface area (Å²) < 4.78 is 13.2. The van der Waals surface area contributed by atoms with Gasteiger partial charge in [-0.05, 0) is 42.5 Å². The van der Waals surface area contributed by atoms with Gasteiger partial charge in [-0.1, -0.05) is 35.9 Å². The normalized spacial score (nSPS) is 10.8. The van der Waals surface area contributed by atoms with Gasteiger partial charge in [0.25, 0.3) is 0 Å². The molecule has 0 aliphatic carbocycles. The van der Waals surface area contributed by atoms with Crippen molar-refractivity contribution in [1.29, 1.82) is 0 Å². The van der Waals surface area contributed by atoms with Gasteiger partial charge in [0.05, 0.1) is 5.02 Å². The summed E-state index contributed by atoms with van der Waals surface area (Å²) in [6.45, 7) is 2.51. The van der Waals surface area contributed by atoms with E-state index in [2.05, 4.69) is 22.4 Å². The molecule has 0 bridgehead atoms. The lowest BCUT2D eigenvalue weighted by atomic mass is 10.0. The average molecular weight is 372 g/mol. The van der Waals surface area contributed by atoms with Gasteiger partial charge in [-0.25, -0.2) is 9.18 Å². The Morgan fingerprint density at radius 3 is 2.69 bits per heavy atom. The SMILES string of the molecule is Cc1ncc(CCN(C)C(=O)Nc2ccc(F)c(Cl)c2)c2ccccc12. The zero-order valence-corrected chi connectivity index (χ0v) is 15.3. The molecule has 0 aliphatic heterocycles. The van der Waals surface area contributed by atoms with Crippen molar-refractivity contribution in [2.45, 2.75) is 13.3 Å². The monoisotopic (exact) mass is 371 g/mol. The van der Waals surface area contributed by atoms with Crippen molar-refractivity contribution in [1.82, 2.24) is 9.88 Å². The van der Waals surface area contributed by atoms with E-state index < -0.39 is 5.82 Å². The second kappa shape index (κ2) is 7.70. The van der Waals surface area contributed by atoms with Crippen LogP contribution in [-0.4, -0.2) is 29.5 Å². The van der Waals surface area contributed by atoms with Crippen molar-refractivity contribution in [2.75, 3.05) is 18.9 Å². The van der Waals surface area contributed by atoms with Crippen LogP contribution < -0.4 is 5.32 Å². The summed E-state index contributed by atoms with van der Waals surface area (Å²) in [5, 5.41) is 4.96. The maximum atomic E-state index is 13.2. The van der Waals surface area contributed by atoms with Crippen LogP contribution in [0.3, 0.4) is 0 Å². The Morgan fingerprint density at radius 1 is 1.23 bits per heavy atom. The number of fused-ring (bicyclic) bond motifs is 1. The molecular weight excluding hydrogens is 353 g/mol. The standard InChI is InChI=1S/C20H19ClFN3O/c1-13-16-5-3-4-6-17(16)14(12-23-13)9-10-25(2)20(26)24-15-7-8-19(22)18(21)11-15/h3-8,11-12H,9-10H2,1-2H3,(H,24,26). The highest BCUT2D eigenvalue weighted by Crippen LogP contribution is 2.22. The summed E-state index contributed by atoms with van der Waals surface area (Å²) in [7, 11) is 1.71. The molecule has 4 nitrogen and oxygen atoms in total. The highest BCUT2D eigenvalue weighted by molar-refractivity contribution is 6.31. The van der Waals surface area contributed by atoms with E-state index in [1.54, 1.807) is 11.9 Å². The number of benzene rings is 2. The van der Waals surface area contributed by atoms with Crippen molar-refractivity contribution in [3.63, 3.8) is 0 Å². The van der Waals surface area contributed by atoms with Crippen LogP contribution in [0.2, 0.25) is 5.02 Å². The number of carbonyl (C=O) groups is 1. The molecular formula is C20H19ClFN3O. The Morgan fingerprint density at radius 2 is 1.96 bits per heavy atom. The molecule has 1 aromatic heterocycles. The van der Waals surface area contributed by atoms with Crippen LogP contribution >= 0.6 is 11.6 Å². The van der Waals surface area contributed by atoms with Gasteiger partial charge in [0.2, 0.25) is 0 Å². The molecule has 134 valence electrons. The minimum Gasteiger partial charge on any atom is -0.327 e. The molecule has 0 saturated heterocycles. The summed E-state index contributed by atoms with van der Waals surface area (Å²) >= 11 is 5.74. The van der Waals surface area contributed by atoms with Gasteiger partial charge >= 0.3 is 6.03 Å². The van der Waals surface area contributed by atoms with E-state index in [4.69, 9.17) is 11.6 Å². The largest absolute Gasteiger partial charge is 0.327 e. The zero-order chi connectivity index (χ0) is 18.7. The lowest BCUT2D eigenvalue weighted by Gasteiger charge is -2.18. The van der Waals surface area contributed by atoms with E-state index in [1.165, 1.54) is 18.2 Å². The summed E-state index contributed by atoms with van der Waals surface area (Å²) in [5.41, 5.74) is 2.54. The van der Waals surface area contributed by atoms with Gasteiger partial charge in [0.1, 0.15) is 5.82 Å². The lowest BCUT2D eigenvalue weighted by molar-refractivity contribution is 0.223. The molecule has 6 heteroatoms. The molecule has 0 radical (unpaired) electrons. The fourth-order valence-electron chi connectivity index (χ4n) is 2.77. The van der Waals surface area contributed by atoms with Gasteiger partial charge in [-0.15, -0.1) is 0 Å². The minimum atomic E-state index is -0.517. The number of hydrogen-bond donors (Lipinski definition) is 1. The lowest BCUT2D eigenvalue weighted by Crippen LogP contribution is -2.33. The average Bonchev–Trinajstić information content (AvgIpc) is 2.64. The maximum absolute atomic E-state index is 13.2. The summed E-state index contributed by atoms with van der Waals surface area (Å²) in [6.07, 6.45) is 2.55. The number of nitrogens with zero attached hydrogens (tertiary/aromatic N) is 2. The molecule has 0 atom stereocenters. The number of hydrogen-bond acceptors (Lipinski definition) is 2. The van der Waals surface area contributed by atoms with Crippen LogP contribution in [0.4, 0.5) is 14.9 Å². The molecule has 2 amide bonds. The number of urea groups is 1. The molecule has 1 heterocycles. The van der Waals surface area contributed by atoms with E-state index >= 15 is 0 Å². The number of carbonyl (C=O) groups excluding carboxylic acids is 1. The molecule has 2 aromatic carbocycles. The Hall–Kier alpha value is -2.66. The number of halogens is 2. The highest BCUT2D eigenvalue weighted by Gasteiger charge is 2.11. The van der Waals surface area contributed by atoms with Crippen molar-refractivity contribution < 1.29 is 9.18 Å². The second-order valence-corrected chi connectivity index (χ2v) is 6.55. The molecule has 0 fully saturated rings. The van der Waals surface area contributed by atoms with E-state index in [9.17, 15) is 9.18 Å². The predicted molar refractivity (Wildman–Crippen MR) is 103 cm³/mol. The number of aryl methyl sites for hydroxylation is 1. The number of amides is 2. The first-order valence-corrected chi connectivity index (χ1v) is 8.64. The minimum absolute atomic E-state index is 0.0253. The van der Waals surface area contributed by atoms with Crippen LogP contribution in [-0.2, 0) is 6.42 Å². The highest BCUT2D eigenvalue weighted by atomic mass is 35.5. The first-order valence-electron chi connectivity index (χ1n) is 8.26. The smallest absolute Gasteiger partial charge is 0.321 e. The van der Waals surface area contributed by atoms with Crippen molar-refractivity contribution in [3.05, 3.63) is 70.8 Å². The molecule has 0 unspecified atom stereocenters. The molecule has 0 aliphatic rings. The molecule has 26 heavy (non-hydrogen) atoms. The van der Waals surface area contributed by atoms with E-state index in [1.807, 2.05) is 25.3 Å².